The summed E-state index contributed by atoms with van der Waals surface area (Å²) in [4.78, 5) is 2.78. The van der Waals surface area contributed by atoms with Crippen molar-refractivity contribution in [2.45, 2.75) is 18.6 Å². The van der Waals surface area contributed by atoms with Crippen molar-refractivity contribution in [2.75, 3.05) is 32.8 Å². The highest BCUT2D eigenvalue weighted by Crippen LogP contribution is 2.28. The molecule has 2 N–H and O–H groups in total. The van der Waals surface area contributed by atoms with E-state index in [2.05, 4.69) is 29.2 Å². The second-order valence-electron chi connectivity index (χ2n) is 5.33. The maximum atomic E-state index is 5.96. The predicted octanol–water partition coefficient (Wildman–Crippen LogP) is 1.29. The molecule has 5 heteroatoms. The molecule has 4 nitrogen and oxygen atoms in total. The lowest BCUT2D eigenvalue weighted by Gasteiger charge is -2.36. The molecule has 2 aliphatic heterocycles. The summed E-state index contributed by atoms with van der Waals surface area (Å²) >= 11 is 5.03. The van der Waals surface area contributed by atoms with E-state index >= 15 is 0 Å². The normalized spacial score (nSPS) is 27.0. The van der Waals surface area contributed by atoms with E-state index in [-0.39, 0.29) is 12.2 Å². The number of thiocarbonyl (C=S) groups is 1. The highest BCUT2D eigenvalue weighted by molar-refractivity contribution is 7.80. The van der Waals surface area contributed by atoms with E-state index in [0.717, 1.165) is 32.7 Å². The lowest BCUT2D eigenvalue weighted by atomic mass is 9.97. The maximum Gasteiger partial charge on any atom is 0.120 e. The van der Waals surface area contributed by atoms with Gasteiger partial charge >= 0.3 is 0 Å². The van der Waals surface area contributed by atoms with Gasteiger partial charge in [-0.2, -0.15) is 0 Å². The van der Waals surface area contributed by atoms with Crippen LogP contribution < -0.4 is 5.73 Å². The van der Waals surface area contributed by atoms with Gasteiger partial charge in [0.2, 0.25) is 0 Å². The average molecular weight is 292 g/mol. The number of fused-ring (bicyclic) bond motifs is 1. The van der Waals surface area contributed by atoms with E-state index in [1.165, 1.54) is 11.1 Å². The summed E-state index contributed by atoms with van der Waals surface area (Å²) in [6, 6.07) is 8.54. The second-order valence-corrected chi connectivity index (χ2v) is 5.80. The van der Waals surface area contributed by atoms with Gasteiger partial charge in [-0.25, -0.2) is 0 Å². The largest absolute Gasteiger partial charge is 0.391 e. The van der Waals surface area contributed by atoms with Crippen LogP contribution in [0.25, 0.3) is 0 Å². The number of hydrogen-bond donors (Lipinski definition) is 1. The molecule has 1 saturated heterocycles. The first-order valence-electron chi connectivity index (χ1n) is 7.06. The highest BCUT2D eigenvalue weighted by Gasteiger charge is 2.27. The van der Waals surface area contributed by atoms with Crippen LogP contribution in [0.2, 0.25) is 0 Å². The summed E-state index contributed by atoms with van der Waals surface area (Å²) in [7, 11) is 0. The average Bonchev–Trinajstić information content (AvgIpc) is 2.48. The van der Waals surface area contributed by atoms with E-state index in [4.69, 9.17) is 27.4 Å². The van der Waals surface area contributed by atoms with E-state index in [1.807, 2.05) is 0 Å². The van der Waals surface area contributed by atoms with Crippen LogP contribution in [0.3, 0.4) is 0 Å². The molecule has 1 aromatic rings. The number of rotatable bonds is 3. The zero-order valence-corrected chi connectivity index (χ0v) is 12.3. The smallest absolute Gasteiger partial charge is 0.120 e. The third-order valence-electron chi connectivity index (χ3n) is 3.98. The molecule has 20 heavy (non-hydrogen) atoms. The second kappa shape index (κ2) is 6.18. The summed E-state index contributed by atoms with van der Waals surface area (Å²) in [6.45, 7) is 4.01. The van der Waals surface area contributed by atoms with Crippen LogP contribution in [0.1, 0.15) is 17.2 Å². The lowest BCUT2D eigenvalue weighted by Crippen LogP contribution is -2.49. The topological polar surface area (TPSA) is 47.7 Å². The van der Waals surface area contributed by atoms with Crippen LogP contribution >= 0.6 is 12.2 Å². The zero-order chi connectivity index (χ0) is 13.9. The van der Waals surface area contributed by atoms with Gasteiger partial charge in [-0.05, 0) is 17.5 Å². The predicted molar refractivity (Wildman–Crippen MR) is 81.8 cm³/mol. The van der Waals surface area contributed by atoms with E-state index in [0.29, 0.717) is 11.6 Å². The SMILES string of the molecule is NC(=S)C1CN(CC2OCCc3ccccc32)CCO1. The first-order valence-corrected chi connectivity index (χ1v) is 7.47. The summed E-state index contributed by atoms with van der Waals surface area (Å²) in [5.41, 5.74) is 8.41. The molecule has 108 valence electrons. The Balaban J connectivity index is 1.68. The van der Waals surface area contributed by atoms with Gasteiger partial charge in [-0.15, -0.1) is 0 Å². The number of benzene rings is 1. The molecular formula is C15H20N2O2S. The number of nitrogens with zero attached hydrogens (tertiary/aromatic N) is 1. The van der Waals surface area contributed by atoms with Crippen molar-refractivity contribution in [3.8, 4) is 0 Å². The Bertz CT molecular complexity index is 495. The van der Waals surface area contributed by atoms with Crippen molar-refractivity contribution >= 4 is 17.2 Å². The van der Waals surface area contributed by atoms with Crippen LogP contribution in [-0.2, 0) is 15.9 Å². The minimum atomic E-state index is -0.127. The number of ether oxygens (including phenoxy) is 2. The molecular weight excluding hydrogens is 272 g/mol. The number of hydrogen-bond acceptors (Lipinski definition) is 4. The number of morpholine rings is 1. The lowest BCUT2D eigenvalue weighted by molar-refractivity contribution is -0.0324. The minimum Gasteiger partial charge on any atom is -0.391 e. The Hall–Kier alpha value is -1.01. The van der Waals surface area contributed by atoms with Gasteiger partial charge in [0.25, 0.3) is 0 Å². The Labute approximate surface area is 124 Å². The fraction of sp³-hybridized carbons (Fsp3) is 0.533. The van der Waals surface area contributed by atoms with Crippen LogP contribution in [0.15, 0.2) is 24.3 Å². The van der Waals surface area contributed by atoms with Crippen LogP contribution in [0.5, 0.6) is 0 Å². The van der Waals surface area contributed by atoms with Crippen molar-refractivity contribution in [2.24, 2.45) is 5.73 Å². The number of nitrogens with two attached hydrogens (primary N) is 1. The summed E-state index contributed by atoms with van der Waals surface area (Å²) in [5, 5.41) is 0. The van der Waals surface area contributed by atoms with Gasteiger partial charge < -0.3 is 15.2 Å². The van der Waals surface area contributed by atoms with Crippen molar-refractivity contribution in [1.29, 1.82) is 0 Å². The minimum absolute atomic E-state index is 0.127. The molecule has 0 amide bonds. The molecule has 0 radical (unpaired) electrons. The molecule has 0 aliphatic carbocycles. The van der Waals surface area contributed by atoms with Crippen molar-refractivity contribution in [3.63, 3.8) is 0 Å². The third kappa shape index (κ3) is 3.01. The van der Waals surface area contributed by atoms with Crippen LogP contribution in [0.4, 0.5) is 0 Å². The summed E-state index contributed by atoms with van der Waals surface area (Å²) in [6.07, 6.45) is 1.02. The molecule has 1 aromatic carbocycles. The van der Waals surface area contributed by atoms with Gasteiger partial charge in [0.05, 0.1) is 19.3 Å². The first kappa shape index (κ1) is 13.9. The van der Waals surface area contributed by atoms with Gasteiger partial charge in [0, 0.05) is 19.6 Å². The molecule has 2 atom stereocenters. The molecule has 3 rings (SSSR count). The monoisotopic (exact) mass is 292 g/mol. The molecule has 1 fully saturated rings. The fourth-order valence-corrected chi connectivity index (χ4v) is 3.05. The molecule has 2 aliphatic rings. The molecule has 2 unspecified atom stereocenters. The van der Waals surface area contributed by atoms with Crippen LogP contribution in [-0.4, -0.2) is 48.8 Å². The molecule has 0 saturated carbocycles. The molecule has 0 bridgehead atoms. The Kier molecular flexibility index (Phi) is 4.31. The van der Waals surface area contributed by atoms with E-state index in [9.17, 15) is 0 Å². The Morgan fingerprint density at radius 2 is 2.15 bits per heavy atom. The van der Waals surface area contributed by atoms with Gasteiger partial charge in [-0.3, -0.25) is 4.90 Å². The quantitative estimate of drug-likeness (QED) is 0.851. The van der Waals surface area contributed by atoms with Gasteiger partial charge in [0.15, 0.2) is 0 Å². The molecule has 2 heterocycles. The third-order valence-corrected chi connectivity index (χ3v) is 4.25. The van der Waals surface area contributed by atoms with Gasteiger partial charge in [-0.1, -0.05) is 36.5 Å². The summed E-state index contributed by atoms with van der Waals surface area (Å²) in [5.74, 6) is 0. The van der Waals surface area contributed by atoms with Crippen molar-refractivity contribution in [1.82, 2.24) is 4.90 Å². The standard InChI is InChI=1S/C15H20N2O2S/c16-15(20)14-10-17(6-8-19-14)9-13-12-4-2-1-3-11(12)5-7-18-13/h1-4,13-14H,5-10H2,(H2,16,20). The fourth-order valence-electron chi connectivity index (χ4n) is 2.90. The first-order chi connectivity index (χ1) is 9.74. The zero-order valence-electron chi connectivity index (χ0n) is 11.5. The van der Waals surface area contributed by atoms with Gasteiger partial charge in [0.1, 0.15) is 11.1 Å². The molecule has 0 spiro atoms. The Morgan fingerprint density at radius 3 is 3.00 bits per heavy atom. The van der Waals surface area contributed by atoms with E-state index in [1.54, 1.807) is 0 Å². The van der Waals surface area contributed by atoms with Crippen molar-refractivity contribution in [3.05, 3.63) is 35.4 Å². The highest BCUT2D eigenvalue weighted by atomic mass is 32.1. The summed E-state index contributed by atoms with van der Waals surface area (Å²) < 4.78 is 11.5. The Morgan fingerprint density at radius 1 is 1.30 bits per heavy atom. The van der Waals surface area contributed by atoms with Crippen molar-refractivity contribution < 1.29 is 9.47 Å². The molecule has 0 aromatic heterocycles. The van der Waals surface area contributed by atoms with Crippen LogP contribution in [0, 0.1) is 0 Å². The maximum absolute atomic E-state index is 5.96. The van der Waals surface area contributed by atoms with E-state index < -0.39 is 0 Å².